The summed E-state index contributed by atoms with van der Waals surface area (Å²) in [6.45, 7) is 0. The van der Waals surface area contributed by atoms with Crippen LogP contribution >= 0.6 is 0 Å². The fraction of sp³-hybridized carbons (Fsp3) is 0. The van der Waals surface area contributed by atoms with Gasteiger partial charge in [-0.05, 0) is 75.4 Å². The zero-order valence-electron chi connectivity index (χ0n) is 29.7. The van der Waals surface area contributed by atoms with Crippen molar-refractivity contribution in [3.05, 3.63) is 244 Å². The molecule has 0 aliphatic rings. The van der Waals surface area contributed by atoms with E-state index in [0.717, 1.165) is 27.8 Å². The third-order valence-electron chi connectivity index (χ3n) is 8.54. The second-order valence-electron chi connectivity index (χ2n) is 12.4. The lowest BCUT2D eigenvalue weighted by Gasteiger charge is -2.13. The van der Waals surface area contributed by atoms with Gasteiger partial charge >= 0.3 is 0 Å². The van der Waals surface area contributed by atoms with Crippen molar-refractivity contribution in [1.82, 2.24) is 0 Å². The van der Waals surface area contributed by atoms with E-state index in [-0.39, 0.29) is 28.5 Å². The van der Waals surface area contributed by atoms with Crippen molar-refractivity contribution < 1.29 is 14.4 Å². The normalized spacial score (nSPS) is 12.4. The van der Waals surface area contributed by atoms with E-state index < -0.39 is 0 Å². The first kappa shape index (κ1) is 36.6. The van der Waals surface area contributed by atoms with E-state index in [1.807, 2.05) is 182 Å². The van der Waals surface area contributed by atoms with Gasteiger partial charge in [-0.25, -0.2) is 0 Å². The quantitative estimate of drug-likeness (QED) is 0.0646. The van der Waals surface area contributed by atoms with Crippen LogP contribution < -0.4 is 0 Å². The molecule has 0 bridgehead atoms. The second kappa shape index (κ2) is 18.8. The largest absolute Gasteiger partial charge is 0.289 e. The molecule has 260 valence electrons. The van der Waals surface area contributed by atoms with Crippen LogP contribution in [0.4, 0.5) is 0 Å². The number of benzene rings is 6. The standard InChI is InChI=1S/C51H38O3/c52-49(33-30-39-18-6-1-7-19-39)46(36-42-24-12-4-13-25-42)45-29-17-16-28-44(45)38-48(51(54)35-32-41-22-10-3-11-23-41)47(37-43-26-14-5-15-27-43)50(53)34-31-40-20-8-2-9-21-40/h1-38H. The Morgan fingerprint density at radius 3 is 1.09 bits per heavy atom. The molecule has 0 heterocycles. The highest BCUT2D eigenvalue weighted by atomic mass is 16.1. The zero-order valence-corrected chi connectivity index (χ0v) is 29.7. The van der Waals surface area contributed by atoms with E-state index in [1.54, 1.807) is 36.5 Å². The molecule has 6 rings (SSSR count). The van der Waals surface area contributed by atoms with Gasteiger partial charge in [0.2, 0.25) is 0 Å². The Bertz CT molecular complexity index is 2380. The first-order valence-electron chi connectivity index (χ1n) is 17.7. The van der Waals surface area contributed by atoms with Crippen molar-refractivity contribution in [3.8, 4) is 0 Å². The number of ketones is 3. The molecule has 6 aromatic carbocycles. The average molecular weight is 699 g/mol. The Balaban J connectivity index is 1.53. The van der Waals surface area contributed by atoms with Crippen molar-refractivity contribution in [2.24, 2.45) is 0 Å². The third-order valence-corrected chi connectivity index (χ3v) is 8.54. The van der Waals surface area contributed by atoms with Crippen LogP contribution in [0.3, 0.4) is 0 Å². The molecule has 0 fully saturated rings. The molecule has 0 aromatic heterocycles. The van der Waals surface area contributed by atoms with E-state index >= 15 is 0 Å². The lowest BCUT2D eigenvalue weighted by atomic mass is 9.89. The predicted molar refractivity (Wildman–Crippen MR) is 225 cm³/mol. The average Bonchev–Trinajstić information content (AvgIpc) is 3.23. The van der Waals surface area contributed by atoms with Gasteiger partial charge in [0, 0.05) is 16.7 Å². The molecule has 0 saturated carbocycles. The Morgan fingerprint density at radius 1 is 0.315 bits per heavy atom. The van der Waals surface area contributed by atoms with E-state index in [1.165, 1.54) is 12.2 Å². The lowest BCUT2D eigenvalue weighted by Crippen LogP contribution is -2.10. The van der Waals surface area contributed by atoms with E-state index in [2.05, 4.69) is 0 Å². The summed E-state index contributed by atoms with van der Waals surface area (Å²) in [7, 11) is 0. The molecular weight excluding hydrogens is 661 g/mol. The molecule has 3 heteroatoms. The molecule has 0 atom stereocenters. The van der Waals surface area contributed by atoms with E-state index in [9.17, 15) is 14.4 Å². The molecular formula is C51H38O3. The summed E-state index contributed by atoms with van der Waals surface area (Å²) in [6.07, 6.45) is 15.2. The lowest BCUT2D eigenvalue weighted by molar-refractivity contribution is -0.113. The van der Waals surface area contributed by atoms with Crippen molar-refractivity contribution in [2.45, 2.75) is 0 Å². The van der Waals surface area contributed by atoms with Gasteiger partial charge in [0.05, 0.1) is 0 Å². The highest BCUT2D eigenvalue weighted by Gasteiger charge is 2.21. The van der Waals surface area contributed by atoms with Gasteiger partial charge in [-0.15, -0.1) is 0 Å². The maximum atomic E-state index is 14.4. The van der Waals surface area contributed by atoms with Gasteiger partial charge in [-0.1, -0.05) is 194 Å². The maximum absolute atomic E-state index is 14.4. The maximum Gasteiger partial charge on any atom is 0.186 e. The first-order chi connectivity index (χ1) is 26.5. The molecule has 3 nitrogen and oxygen atoms in total. The van der Waals surface area contributed by atoms with Gasteiger partial charge in [-0.2, -0.15) is 0 Å². The number of hydrogen-bond donors (Lipinski definition) is 0. The molecule has 0 unspecified atom stereocenters. The Hall–Kier alpha value is -7.23. The van der Waals surface area contributed by atoms with Crippen LogP contribution in [0.25, 0.3) is 42.0 Å². The van der Waals surface area contributed by atoms with Gasteiger partial charge in [0.1, 0.15) is 0 Å². The first-order valence-corrected chi connectivity index (χ1v) is 17.7. The number of carbonyl (C=O) groups excluding carboxylic acids is 3. The summed E-state index contributed by atoms with van der Waals surface area (Å²) in [6, 6.07) is 55.3. The van der Waals surface area contributed by atoms with E-state index in [0.29, 0.717) is 16.7 Å². The summed E-state index contributed by atoms with van der Waals surface area (Å²) in [5, 5.41) is 0. The number of allylic oxidation sites excluding steroid dienone is 6. The van der Waals surface area contributed by atoms with Crippen LogP contribution in [0.1, 0.15) is 38.9 Å². The molecule has 54 heavy (non-hydrogen) atoms. The van der Waals surface area contributed by atoms with Crippen LogP contribution in [0.15, 0.2) is 205 Å². The molecule has 0 aliphatic heterocycles. The summed E-state index contributed by atoms with van der Waals surface area (Å²) >= 11 is 0. The topological polar surface area (TPSA) is 51.2 Å². The third kappa shape index (κ3) is 10.4. The second-order valence-corrected chi connectivity index (χ2v) is 12.4. The Kier molecular flexibility index (Phi) is 12.8. The highest BCUT2D eigenvalue weighted by Crippen LogP contribution is 2.29. The summed E-state index contributed by atoms with van der Waals surface area (Å²) in [5.41, 5.74) is 6.28. The smallest absolute Gasteiger partial charge is 0.186 e. The van der Waals surface area contributed by atoms with Crippen molar-refractivity contribution in [1.29, 1.82) is 0 Å². The van der Waals surface area contributed by atoms with Crippen molar-refractivity contribution in [3.63, 3.8) is 0 Å². The molecule has 6 aromatic rings. The summed E-state index contributed by atoms with van der Waals surface area (Å²) in [5.74, 6) is -0.904. The predicted octanol–water partition coefficient (Wildman–Crippen LogP) is 11.5. The Morgan fingerprint density at radius 2 is 0.648 bits per heavy atom. The van der Waals surface area contributed by atoms with Gasteiger partial charge in [0.25, 0.3) is 0 Å². The number of carbonyl (C=O) groups is 3. The van der Waals surface area contributed by atoms with Crippen LogP contribution in [-0.4, -0.2) is 17.3 Å². The number of rotatable bonds is 14. The SMILES string of the molecule is O=C(C=Cc1ccccc1)C(=Cc1ccccc1)C(=Cc1ccccc1C(=Cc1ccccc1)C(=O)C=Cc1ccccc1)C(=O)C=Cc1ccccc1. The van der Waals surface area contributed by atoms with Crippen molar-refractivity contribution >= 4 is 59.4 Å². The monoisotopic (exact) mass is 698 g/mol. The van der Waals surface area contributed by atoms with Crippen LogP contribution in [0.2, 0.25) is 0 Å². The summed E-state index contributed by atoms with van der Waals surface area (Å²) < 4.78 is 0. The molecule has 0 aliphatic carbocycles. The minimum absolute atomic E-state index is 0.188. The molecule has 0 saturated heterocycles. The fourth-order valence-corrected chi connectivity index (χ4v) is 5.78. The van der Waals surface area contributed by atoms with Gasteiger partial charge in [0.15, 0.2) is 17.3 Å². The molecule has 0 spiro atoms. The molecule has 0 N–H and O–H groups in total. The van der Waals surface area contributed by atoms with Crippen LogP contribution in [-0.2, 0) is 14.4 Å². The van der Waals surface area contributed by atoms with Crippen LogP contribution in [0.5, 0.6) is 0 Å². The minimum Gasteiger partial charge on any atom is -0.289 e. The fourth-order valence-electron chi connectivity index (χ4n) is 5.78. The zero-order chi connectivity index (χ0) is 37.4. The number of hydrogen-bond acceptors (Lipinski definition) is 3. The molecule has 0 radical (unpaired) electrons. The summed E-state index contributed by atoms with van der Waals surface area (Å²) in [4.78, 5) is 42.8. The highest BCUT2D eigenvalue weighted by molar-refractivity contribution is 6.32. The van der Waals surface area contributed by atoms with E-state index in [4.69, 9.17) is 0 Å². The van der Waals surface area contributed by atoms with Gasteiger partial charge in [-0.3, -0.25) is 14.4 Å². The molecule has 0 amide bonds. The van der Waals surface area contributed by atoms with Gasteiger partial charge < -0.3 is 0 Å². The Labute approximate surface area is 317 Å². The van der Waals surface area contributed by atoms with Crippen LogP contribution in [0, 0.1) is 0 Å². The van der Waals surface area contributed by atoms with Crippen molar-refractivity contribution in [2.75, 3.05) is 0 Å². The minimum atomic E-state index is -0.360.